The lowest BCUT2D eigenvalue weighted by atomic mass is 10.2. The summed E-state index contributed by atoms with van der Waals surface area (Å²) in [4.78, 5) is 9.02. The third-order valence-corrected chi connectivity index (χ3v) is 5.11. The maximum Gasteiger partial charge on any atom is 0.147 e. The molecule has 0 radical (unpaired) electrons. The van der Waals surface area contributed by atoms with Gasteiger partial charge in [0.05, 0.1) is 23.0 Å². The predicted octanol–water partition coefficient (Wildman–Crippen LogP) is 3.43. The number of fused-ring (bicyclic) bond motifs is 1. The van der Waals surface area contributed by atoms with Crippen LogP contribution in [0.25, 0.3) is 5.65 Å². The summed E-state index contributed by atoms with van der Waals surface area (Å²) in [5, 5.41) is 8.86. The Morgan fingerprint density at radius 1 is 1.12 bits per heavy atom. The van der Waals surface area contributed by atoms with Crippen LogP contribution in [0.5, 0.6) is 0 Å². The lowest BCUT2D eigenvalue weighted by molar-refractivity contribution is 0.247. The molecule has 0 amide bonds. The first-order valence-electron chi connectivity index (χ1n) is 8.42. The maximum atomic E-state index is 14.2. The lowest BCUT2D eigenvalue weighted by Crippen LogP contribution is -2.46. The van der Waals surface area contributed by atoms with Crippen LogP contribution in [0, 0.1) is 17.1 Å². The highest BCUT2D eigenvalue weighted by atomic mass is 79.9. The highest BCUT2D eigenvalue weighted by molar-refractivity contribution is 9.10. The van der Waals surface area contributed by atoms with Gasteiger partial charge in [0.1, 0.15) is 11.5 Å². The van der Waals surface area contributed by atoms with Crippen LogP contribution in [0.1, 0.15) is 11.3 Å². The van der Waals surface area contributed by atoms with E-state index in [1.165, 1.54) is 6.07 Å². The summed E-state index contributed by atoms with van der Waals surface area (Å²) in [6.07, 6.45) is 4.05. The molecule has 5 nitrogen and oxygen atoms in total. The Hall–Kier alpha value is -2.43. The minimum atomic E-state index is -0.330. The fourth-order valence-electron chi connectivity index (χ4n) is 3.30. The number of benzene rings is 1. The minimum Gasteiger partial charge on any atom is -0.367 e. The zero-order valence-electron chi connectivity index (χ0n) is 14.1. The molecule has 0 spiro atoms. The Kier molecular flexibility index (Phi) is 4.62. The number of aromatic nitrogens is 2. The fourth-order valence-corrected chi connectivity index (χ4v) is 3.66. The Balaban J connectivity index is 1.41. The van der Waals surface area contributed by atoms with Gasteiger partial charge < -0.3 is 9.30 Å². The maximum absolute atomic E-state index is 14.2. The van der Waals surface area contributed by atoms with Crippen molar-refractivity contribution in [1.29, 1.82) is 5.26 Å². The second-order valence-electron chi connectivity index (χ2n) is 6.39. The van der Waals surface area contributed by atoms with Crippen molar-refractivity contribution in [2.24, 2.45) is 0 Å². The average molecular weight is 414 g/mol. The Bertz CT molecular complexity index is 985. The largest absolute Gasteiger partial charge is 0.367 e. The summed E-state index contributed by atoms with van der Waals surface area (Å²) in [5.74, 6) is -0.330. The average Bonchev–Trinajstić information content (AvgIpc) is 3.03. The molecule has 1 aliphatic heterocycles. The first-order chi connectivity index (χ1) is 12.6. The lowest BCUT2D eigenvalue weighted by Gasteiger charge is -2.35. The van der Waals surface area contributed by atoms with Crippen molar-refractivity contribution in [1.82, 2.24) is 14.3 Å². The van der Waals surface area contributed by atoms with Crippen molar-refractivity contribution in [3.63, 3.8) is 0 Å². The zero-order chi connectivity index (χ0) is 18.1. The Morgan fingerprint density at radius 3 is 2.65 bits per heavy atom. The van der Waals surface area contributed by atoms with Crippen molar-refractivity contribution in [3.05, 3.63) is 64.3 Å². The van der Waals surface area contributed by atoms with E-state index in [0.29, 0.717) is 11.3 Å². The van der Waals surface area contributed by atoms with Gasteiger partial charge in [-0.3, -0.25) is 4.90 Å². The molecule has 4 rings (SSSR count). The van der Waals surface area contributed by atoms with E-state index in [4.69, 9.17) is 5.26 Å². The molecule has 3 aromatic rings. The number of imidazole rings is 1. The van der Waals surface area contributed by atoms with Crippen molar-refractivity contribution < 1.29 is 4.39 Å². The molecule has 0 aliphatic carbocycles. The predicted molar refractivity (Wildman–Crippen MR) is 101 cm³/mol. The smallest absolute Gasteiger partial charge is 0.147 e. The summed E-state index contributed by atoms with van der Waals surface area (Å²) in [7, 11) is 0. The quantitative estimate of drug-likeness (QED) is 0.659. The Morgan fingerprint density at radius 2 is 1.92 bits per heavy atom. The van der Waals surface area contributed by atoms with Gasteiger partial charge in [-0.1, -0.05) is 0 Å². The molecule has 0 unspecified atom stereocenters. The van der Waals surface area contributed by atoms with Crippen molar-refractivity contribution in [2.75, 3.05) is 31.1 Å². The van der Waals surface area contributed by atoms with Gasteiger partial charge in [-0.05, 0) is 46.3 Å². The van der Waals surface area contributed by atoms with E-state index >= 15 is 0 Å². The topological polar surface area (TPSA) is 47.6 Å². The van der Waals surface area contributed by atoms with Crippen LogP contribution in [0.15, 0.2) is 47.2 Å². The van der Waals surface area contributed by atoms with E-state index in [0.717, 1.165) is 48.5 Å². The van der Waals surface area contributed by atoms with E-state index < -0.39 is 0 Å². The number of rotatable bonds is 3. The van der Waals surface area contributed by atoms with Crippen molar-refractivity contribution in [3.8, 4) is 6.07 Å². The summed E-state index contributed by atoms with van der Waals surface area (Å²) < 4.78 is 17.2. The molecule has 1 fully saturated rings. The van der Waals surface area contributed by atoms with Gasteiger partial charge in [0.2, 0.25) is 0 Å². The van der Waals surface area contributed by atoms with Crippen LogP contribution in [-0.4, -0.2) is 40.5 Å². The van der Waals surface area contributed by atoms with E-state index in [1.807, 2.05) is 39.9 Å². The molecule has 7 heteroatoms. The molecule has 0 saturated carbocycles. The number of hydrogen-bond acceptors (Lipinski definition) is 4. The van der Waals surface area contributed by atoms with Crippen molar-refractivity contribution >= 4 is 27.3 Å². The van der Waals surface area contributed by atoms with Crippen LogP contribution < -0.4 is 4.90 Å². The number of nitriles is 1. The van der Waals surface area contributed by atoms with Gasteiger partial charge in [-0.25, -0.2) is 9.37 Å². The number of nitrogens with zero attached hydrogens (tertiary/aromatic N) is 5. The number of piperazine rings is 1. The third kappa shape index (κ3) is 3.43. The van der Waals surface area contributed by atoms with Crippen LogP contribution in [0.4, 0.5) is 10.1 Å². The van der Waals surface area contributed by atoms with E-state index in [-0.39, 0.29) is 5.82 Å². The summed E-state index contributed by atoms with van der Waals surface area (Å²) in [6.45, 7) is 3.97. The number of pyridine rings is 1. The van der Waals surface area contributed by atoms with Gasteiger partial charge in [0.25, 0.3) is 0 Å². The van der Waals surface area contributed by atoms with Crippen LogP contribution in [0.3, 0.4) is 0 Å². The molecule has 0 bridgehead atoms. The molecular weight excluding hydrogens is 397 g/mol. The molecule has 3 heterocycles. The first-order valence-corrected chi connectivity index (χ1v) is 9.22. The van der Waals surface area contributed by atoms with Crippen LogP contribution in [0.2, 0.25) is 0 Å². The molecule has 1 saturated heterocycles. The number of hydrogen-bond donors (Lipinski definition) is 0. The molecule has 1 aliphatic rings. The Labute approximate surface area is 159 Å². The normalized spacial score (nSPS) is 15.3. The summed E-state index contributed by atoms with van der Waals surface area (Å²) in [5.41, 5.74) is 2.88. The van der Waals surface area contributed by atoms with Gasteiger partial charge in [0.15, 0.2) is 0 Å². The summed E-state index contributed by atoms with van der Waals surface area (Å²) >= 11 is 3.47. The molecule has 26 heavy (non-hydrogen) atoms. The molecule has 0 N–H and O–H groups in total. The highest BCUT2D eigenvalue weighted by Gasteiger charge is 2.20. The molecule has 1 aromatic carbocycles. The minimum absolute atomic E-state index is 0.330. The van der Waals surface area contributed by atoms with Gasteiger partial charge >= 0.3 is 0 Å². The zero-order valence-corrected chi connectivity index (χ0v) is 15.7. The third-order valence-electron chi connectivity index (χ3n) is 4.64. The second kappa shape index (κ2) is 7.06. The van der Waals surface area contributed by atoms with E-state index in [1.54, 1.807) is 12.1 Å². The highest BCUT2D eigenvalue weighted by Crippen LogP contribution is 2.22. The van der Waals surface area contributed by atoms with Gasteiger partial charge in [-0.15, -0.1) is 0 Å². The van der Waals surface area contributed by atoms with Crippen LogP contribution >= 0.6 is 15.9 Å². The van der Waals surface area contributed by atoms with Crippen LogP contribution in [-0.2, 0) is 6.54 Å². The molecule has 2 aromatic heterocycles. The van der Waals surface area contributed by atoms with Gasteiger partial charge in [-0.2, -0.15) is 5.26 Å². The monoisotopic (exact) mass is 413 g/mol. The first kappa shape index (κ1) is 17.0. The standard InChI is InChI=1S/C19H17BrFN5/c20-15-2-4-19-23-16(13-26(19)11-15)12-24-5-7-25(8-6-24)18-3-1-14(10-22)9-17(18)21/h1-4,9,11,13H,5-8,12H2. The van der Waals surface area contributed by atoms with E-state index in [2.05, 4.69) is 25.8 Å². The second-order valence-corrected chi connectivity index (χ2v) is 7.30. The molecular formula is C19H17BrFN5. The fraction of sp³-hybridized carbons (Fsp3) is 0.263. The molecule has 0 atom stereocenters. The number of halogens is 2. The SMILES string of the molecule is N#Cc1ccc(N2CCN(Cc3cn4cc(Br)ccc4n3)CC2)c(F)c1. The number of anilines is 1. The van der Waals surface area contributed by atoms with Gasteiger partial charge in [0, 0.05) is 49.6 Å². The molecule has 132 valence electrons. The van der Waals surface area contributed by atoms with Crippen molar-refractivity contribution in [2.45, 2.75) is 6.54 Å². The summed E-state index contributed by atoms with van der Waals surface area (Å²) in [6, 6.07) is 10.6. The van der Waals surface area contributed by atoms with E-state index in [9.17, 15) is 4.39 Å².